The maximum Gasteiger partial charge on any atom is 0.239 e. The van der Waals surface area contributed by atoms with Crippen molar-refractivity contribution in [1.29, 1.82) is 5.26 Å². The third-order valence-electron chi connectivity index (χ3n) is 2.85. The summed E-state index contributed by atoms with van der Waals surface area (Å²) in [5, 5.41) is 14.4. The van der Waals surface area contributed by atoms with E-state index < -0.39 is 5.82 Å². The van der Waals surface area contributed by atoms with Gasteiger partial charge >= 0.3 is 0 Å². The number of nitrogens with one attached hydrogen (secondary N) is 2. The predicted octanol–water partition coefficient (Wildman–Crippen LogP) is 1.64. The quantitative estimate of drug-likeness (QED) is 0.831. The summed E-state index contributed by atoms with van der Waals surface area (Å²) in [4.78, 5) is 11.5. The van der Waals surface area contributed by atoms with Crippen molar-refractivity contribution in [1.82, 2.24) is 5.32 Å². The van der Waals surface area contributed by atoms with Crippen LogP contribution in [0.25, 0.3) is 0 Å². The molecule has 94 valence electrons. The van der Waals surface area contributed by atoms with Gasteiger partial charge < -0.3 is 10.6 Å². The van der Waals surface area contributed by atoms with E-state index in [2.05, 4.69) is 10.6 Å². The third-order valence-corrected chi connectivity index (χ3v) is 2.85. The number of carbonyl (C=O) groups is 1. The van der Waals surface area contributed by atoms with E-state index in [4.69, 9.17) is 5.26 Å². The smallest absolute Gasteiger partial charge is 0.239 e. The second-order valence-electron chi connectivity index (χ2n) is 4.38. The number of nitriles is 1. The summed E-state index contributed by atoms with van der Waals surface area (Å²) in [5.41, 5.74) is 0.284. The molecular weight excluding hydrogens is 233 g/mol. The molecule has 0 aliphatic heterocycles. The molecule has 18 heavy (non-hydrogen) atoms. The lowest BCUT2D eigenvalue weighted by Gasteiger charge is -2.08. The van der Waals surface area contributed by atoms with Crippen molar-refractivity contribution >= 4 is 11.6 Å². The molecular formula is C13H14FN3O. The molecule has 1 aliphatic rings. The lowest BCUT2D eigenvalue weighted by atomic mass is 10.2. The van der Waals surface area contributed by atoms with Crippen LogP contribution in [0.2, 0.25) is 0 Å². The molecule has 0 bridgehead atoms. The summed E-state index contributed by atoms with van der Waals surface area (Å²) >= 11 is 0. The Morgan fingerprint density at radius 3 is 2.94 bits per heavy atom. The Balaban J connectivity index is 1.87. The summed E-state index contributed by atoms with van der Waals surface area (Å²) in [7, 11) is 0. The number of halogens is 1. The van der Waals surface area contributed by atoms with Gasteiger partial charge in [0, 0.05) is 6.54 Å². The van der Waals surface area contributed by atoms with E-state index in [9.17, 15) is 9.18 Å². The van der Waals surface area contributed by atoms with Gasteiger partial charge in [0.1, 0.15) is 17.4 Å². The Labute approximate surface area is 105 Å². The minimum Gasteiger partial charge on any atom is -0.375 e. The van der Waals surface area contributed by atoms with Crippen LogP contribution in [0.15, 0.2) is 18.2 Å². The second-order valence-corrected chi connectivity index (χ2v) is 4.38. The lowest BCUT2D eigenvalue weighted by molar-refractivity contribution is -0.119. The molecule has 1 amide bonds. The molecule has 1 saturated carbocycles. The van der Waals surface area contributed by atoms with Crippen molar-refractivity contribution in [2.24, 2.45) is 5.92 Å². The fraction of sp³-hybridized carbons (Fsp3) is 0.385. The highest BCUT2D eigenvalue weighted by Gasteiger charge is 2.21. The Bertz CT molecular complexity index is 491. The molecule has 1 aliphatic carbocycles. The van der Waals surface area contributed by atoms with Crippen LogP contribution in [0.1, 0.15) is 18.4 Å². The largest absolute Gasteiger partial charge is 0.375 e. The van der Waals surface area contributed by atoms with E-state index in [-0.39, 0.29) is 18.0 Å². The van der Waals surface area contributed by atoms with E-state index in [1.165, 1.54) is 25.0 Å². The van der Waals surface area contributed by atoms with Crippen molar-refractivity contribution in [3.63, 3.8) is 0 Å². The zero-order chi connectivity index (χ0) is 13.0. The molecule has 1 aromatic carbocycles. The Morgan fingerprint density at radius 2 is 2.28 bits per heavy atom. The number of hydrogen-bond donors (Lipinski definition) is 2. The molecule has 0 radical (unpaired) electrons. The zero-order valence-corrected chi connectivity index (χ0v) is 9.87. The Morgan fingerprint density at radius 1 is 1.50 bits per heavy atom. The van der Waals surface area contributed by atoms with Crippen molar-refractivity contribution < 1.29 is 9.18 Å². The molecule has 0 saturated heterocycles. The molecule has 5 heteroatoms. The fourth-order valence-electron chi connectivity index (χ4n) is 1.60. The van der Waals surface area contributed by atoms with Crippen LogP contribution >= 0.6 is 0 Å². The van der Waals surface area contributed by atoms with Gasteiger partial charge in [-0.1, -0.05) is 6.07 Å². The maximum absolute atomic E-state index is 13.3. The highest BCUT2D eigenvalue weighted by atomic mass is 19.1. The standard InChI is InChI=1S/C13H14FN3O/c14-11-2-1-3-12(10(11)6-15)16-8-13(18)17-7-9-4-5-9/h1-3,9,16H,4-5,7-8H2,(H,17,18). The van der Waals surface area contributed by atoms with Gasteiger partial charge in [0.05, 0.1) is 12.2 Å². The first-order chi connectivity index (χ1) is 8.70. The summed E-state index contributed by atoms with van der Waals surface area (Å²) in [6.07, 6.45) is 2.35. The van der Waals surface area contributed by atoms with E-state index in [1.807, 2.05) is 0 Å². The maximum atomic E-state index is 13.3. The summed E-state index contributed by atoms with van der Waals surface area (Å²) in [5.74, 6) is -0.103. The molecule has 0 heterocycles. The van der Waals surface area contributed by atoms with Crippen LogP contribution in [-0.4, -0.2) is 19.0 Å². The van der Waals surface area contributed by atoms with E-state index >= 15 is 0 Å². The predicted molar refractivity (Wildman–Crippen MR) is 65.3 cm³/mol. The van der Waals surface area contributed by atoms with Crippen LogP contribution in [0.4, 0.5) is 10.1 Å². The van der Waals surface area contributed by atoms with Gasteiger partial charge in [0.25, 0.3) is 0 Å². The molecule has 1 aromatic rings. The van der Waals surface area contributed by atoms with Crippen molar-refractivity contribution in [3.05, 3.63) is 29.6 Å². The van der Waals surface area contributed by atoms with E-state index in [1.54, 1.807) is 12.1 Å². The number of rotatable bonds is 5. The fourth-order valence-corrected chi connectivity index (χ4v) is 1.60. The first-order valence-corrected chi connectivity index (χ1v) is 5.90. The molecule has 0 atom stereocenters. The Kier molecular flexibility index (Phi) is 3.78. The van der Waals surface area contributed by atoms with Crippen molar-refractivity contribution in [2.45, 2.75) is 12.8 Å². The zero-order valence-electron chi connectivity index (χ0n) is 9.87. The molecule has 0 spiro atoms. The minimum absolute atomic E-state index is 0.0465. The first kappa shape index (κ1) is 12.4. The summed E-state index contributed by atoms with van der Waals surface area (Å²) in [6.45, 7) is 0.750. The number of hydrogen-bond acceptors (Lipinski definition) is 3. The highest BCUT2D eigenvalue weighted by Crippen LogP contribution is 2.27. The average molecular weight is 247 g/mol. The topological polar surface area (TPSA) is 64.9 Å². The summed E-state index contributed by atoms with van der Waals surface area (Å²) < 4.78 is 13.3. The monoisotopic (exact) mass is 247 g/mol. The number of amides is 1. The van der Waals surface area contributed by atoms with Gasteiger partial charge in [0.15, 0.2) is 0 Å². The molecule has 0 aromatic heterocycles. The second kappa shape index (κ2) is 5.50. The van der Waals surface area contributed by atoms with Gasteiger partial charge in [-0.3, -0.25) is 4.79 Å². The average Bonchev–Trinajstić information content (AvgIpc) is 3.18. The molecule has 2 N–H and O–H groups in total. The van der Waals surface area contributed by atoms with Crippen molar-refractivity contribution in [2.75, 3.05) is 18.4 Å². The minimum atomic E-state index is -0.583. The highest BCUT2D eigenvalue weighted by molar-refractivity contribution is 5.81. The lowest BCUT2D eigenvalue weighted by Crippen LogP contribution is -2.31. The number of benzene rings is 1. The van der Waals surface area contributed by atoms with E-state index in [0.717, 1.165) is 0 Å². The Hall–Kier alpha value is -2.09. The molecule has 2 rings (SSSR count). The van der Waals surface area contributed by atoms with E-state index in [0.29, 0.717) is 18.2 Å². The number of nitrogens with zero attached hydrogens (tertiary/aromatic N) is 1. The molecule has 1 fully saturated rings. The van der Waals surface area contributed by atoms with Crippen LogP contribution in [0, 0.1) is 23.1 Å². The van der Waals surface area contributed by atoms with Crippen LogP contribution in [0.5, 0.6) is 0 Å². The van der Waals surface area contributed by atoms with Crippen LogP contribution < -0.4 is 10.6 Å². The molecule has 0 unspecified atom stereocenters. The number of carbonyl (C=O) groups excluding carboxylic acids is 1. The third kappa shape index (κ3) is 3.20. The van der Waals surface area contributed by atoms with Crippen LogP contribution in [-0.2, 0) is 4.79 Å². The van der Waals surface area contributed by atoms with Gasteiger partial charge in [-0.2, -0.15) is 5.26 Å². The van der Waals surface area contributed by atoms with Crippen molar-refractivity contribution in [3.8, 4) is 6.07 Å². The van der Waals surface area contributed by atoms with Gasteiger partial charge in [-0.25, -0.2) is 4.39 Å². The van der Waals surface area contributed by atoms with Gasteiger partial charge in [-0.05, 0) is 30.9 Å². The van der Waals surface area contributed by atoms with Crippen LogP contribution in [0.3, 0.4) is 0 Å². The summed E-state index contributed by atoms with van der Waals surface area (Å²) in [6, 6.07) is 6.08. The van der Waals surface area contributed by atoms with Gasteiger partial charge in [-0.15, -0.1) is 0 Å². The van der Waals surface area contributed by atoms with Gasteiger partial charge in [0.2, 0.25) is 5.91 Å². The SMILES string of the molecule is N#Cc1c(F)cccc1NCC(=O)NCC1CC1. The molecule has 4 nitrogen and oxygen atoms in total. The number of anilines is 1. The first-order valence-electron chi connectivity index (χ1n) is 5.90. The normalized spacial score (nSPS) is 13.8.